The molecule has 2 rings (SSSR count). The van der Waals surface area contributed by atoms with E-state index in [1.54, 1.807) is 0 Å². The summed E-state index contributed by atoms with van der Waals surface area (Å²) in [5.41, 5.74) is 0.983. The van der Waals surface area contributed by atoms with E-state index < -0.39 is 11.2 Å². The summed E-state index contributed by atoms with van der Waals surface area (Å²) in [5, 5.41) is 12.7. The monoisotopic (exact) mass is 456 g/mol. The maximum atomic E-state index is 11.8. The van der Waals surface area contributed by atoms with Gasteiger partial charge in [-0.2, -0.15) is 10.2 Å². The van der Waals surface area contributed by atoms with Crippen LogP contribution < -0.4 is 10.1 Å². The molecule has 24 heavy (non-hydrogen) atoms. The van der Waals surface area contributed by atoms with E-state index >= 15 is 0 Å². The van der Waals surface area contributed by atoms with Crippen molar-refractivity contribution >= 4 is 45.3 Å². The first-order chi connectivity index (χ1) is 11.5. The Morgan fingerprint density at radius 1 is 1.33 bits per heavy atom. The molecule has 0 saturated heterocycles. The Kier molecular flexibility index (Phi) is 7.08. The van der Waals surface area contributed by atoms with Crippen LogP contribution in [0.3, 0.4) is 0 Å². The number of nitrogens with one attached hydrogen (secondary N) is 1. The van der Waals surface area contributed by atoms with E-state index in [4.69, 9.17) is 4.74 Å². The number of benzene rings is 1. The molecule has 0 fully saturated rings. The van der Waals surface area contributed by atoms with Crippen LogP contribution in [0.1, 0.15) is 25.3 Å². The Hall–Kier alpha value is -1.57. The molecular formula is C16H17IN4O2S. The molecule has 0 bridgehead atoms. The number of rotatable bonds is 7. The van der Waals surface area contributed by atoms with E-state index in [2.05, 4.69) is 43.9 Å². The van der Waals surface area contributed by atoms with Crippen molar-refractivity contribution < 1.29 is 9.29 Å². The first-order valence-corrected chi connectivity index (χ1v) is 9.99. The second kappa shape index (κ2) is 9.05. The van der Waals surface area contributed by atoms with Crippen LogP contribution in [0.5, 0.6) is 5.88 Å². The lowest BCUT2D eigenvalue weighted by atomic mass is 10.3. The topological polar surface area (TPSA) is 93.9 Å². The predicted octanol–water partition coefficient (Wildman–Crippen LogP) is 3.61. The molecule has 1 aromatic heterocycles. The van der Waals surface area contributed by atoms with Gasteiger partial charge in [-0.25, -0.2) is 0 Å². The van der Waals surface area contributed by atoms with Crippen LogP contribution in [0.4, 0.5) is 11.5 Å². The minimum absolute atomic E-state index is 0.133. The summed E-state index contributed by atoms with van der Waals surface area (Å²) in [7, 11) is 0. The first kappa shape index (κ1) is 18.8. The third-order valence-corrected chi connectivity index (χ3v) is 4.48. The molecule has 1 unspecified atom stereocenters. The number of ether oxygens (including phenoxy) is 1. The van der Waals surface area contributed by atoms with Crippen LogP contribution in [0.15, 0.2) is 29.4 Å². The van der Waals surface area contributed by atoms with Gasteiger partial charge in [0.15, 0.2) is 11.4 Å². The van der Waals surface area contributed by atoms with E-state index in [0.717, 1.165) is 22.1 Å². The average molecular weight is 456 g/mol. The number of aromatic nitrogens is 2. The summed E-state index contributed by atoms with van der Waals surface area (Å²) in [6.07, 6.45) is 3.30. The Labute approximate surface area is 158 Å². The molecule has 8 heteroatoms. The quantitative estimate of drug-likeness (QED) is 0.296. The molecule has 0 aliphatic heterocycles. The Morgan fingerprint density at radius 2 is 2.04 bits per heavy atom. The van der Waals surface area contributed by atoms with E-state index in [1.165, 1.54) is 6.26 Å². The van der Waals surface area contributed by atoms with Gasteiger partial charge in [0, 0.05) is 20.4 Å². The van der Waals surface area contributed by atoms with Crippen molar-refractivity contribution in [2.24, 2.45) is 0 Å². The maximum absolute atomic E-state index is 11.8. The Morgan fingerprint density at radius 3 is 2.62 bits per heavy atom. The van der Waals surface area contributed by atoms with Crippen LogP contribution >= 0.6 is 22.6 Å². The molecule has 0 aliphatic rings. The minimum Gasteiger partial charge on any atom is -0.609 e. The maximum Gasteiger partial charge on any atom is 0.347 e. The molecule has 1 atom stereocenters. The van der Waals surface area contributed by atoms with Crippen molar-refractivity contribution in [3.05, 3.63) is 33.4 Å². The van der Waals surface area contributed by atoms with Gasteiger partial charge in [0.2, 0.25) is 5.88 Å². The lowest BCUT2D eigenvalue weighted by Gasteiger charge is -2.13. The minimum atomic E-state index is -1.38. The molecular weight excluding hydrogens is 439 g/mol. The van der Waals surface area contributed by atoms with Gasteiger partial charge in [-0.15, -0.1) is 4.98 Å². The van der Waals surface area contributed by atoms with Crippen LogP contribution in [0.2, 0.25) is 0 Å². The highest BCUT2D eigenvalue weighted by Gasteiger charge is 2.20. The molecule has 0 radical (unpaired) electrons. The lowest BCUT2D eigenvalue weighted by Crippen LogP contribution is -2.11. The summed E-state index contributed by atoms with van der Waals surface area (Å²) >= 11 is 0.832. The summed E-state index contributed by atoms with van der Waals surface area (Å²) in [5.74, 6) is 0.463. The molecule has 2 aromatic rings. The van der Waals surface area contributed by atoms with Crippen molar-refractivity contribution in [2.45, 2.75) is 24.9 Å². The van der Waals surface area contributed by atoms with Crippen molar-refractivity contribution in [2.75, 3.05) is 18.2 Å². The fourth-order valence-electron chi connectivity index (χ4n) is 1.83. The molecule has 0 aliphatic carbocycles. The standard InChI is InChI=1S/C16H17IN4O2S/c1-3-4-9-23-15-13(10-18)14(20-16(21-15)24(2)22)19-12-7-5-11(17)6-8-12/h5-8H,3-4,9H2,1-2H3,(H,19,20,21). The smallest absolute Gasteiger partial charge is 0.347 e. The van der Waals surface area contributed by atoms with E-state index in [-0.39, 0.29) is 16.6 Å². The van der Waals surface area contributed by atoms with E-state index in [0.29, 0.717) is 12.4 Å². The third kappa shape index (κ3) is 4.96. The van der Waals surface area contributed by atoms with E-state index in [1.807, 2.05) is 31.2 Å². The molecule has 1 aromatic carbocycles. The number of nitriles is 1. The normalized spacial score (nSPS) is 11.6. The van der Waals surface area contributed by atoms with Gasteiger partial charge in [0.1, 0.15) is 12.3 Å². The van der Waals surface area contributed by atoms with Crippen molar-refractivity contribution in [3.8, 4) is 11.9 Å². The number of anilines is 2. The number of hydrogen-bond donors (Lipinski definition) is 1. The largest absolute Gasteiger partial charge is 0.609 e. The molecule has 0 saturated carbocycles. The molecule has 126 valence electrons. The Balaban J connectivity index is 2.39. The van der Waals surface area contributed by atoms with Crippen LogP contribution in [-0.4, -0.2) is 27.4 Å². The van der Waals surface area contributed by atoms with Crippen molar-refractivity contribution in [3.63, 3.8) is 0 Å². The Bertz CT molecular complexity index is 732. The molecule has 1 heterocycles. The summed E-state index contributed by atoms with van der Waals surface area (Å²) in [4.78, 5) is 8.36. The number of hydrogen-bond acceptors (Lipinski definition) is 6. The van der Waals surface area contributed by atoms with Crippen LogP contribution in [-0.2, 0) is 11.2 Å². The first-order valence-electron chi connectivity index (χ1n) is 7.36. The van der Waals surface area contributed by atoms with Crippen molar-refractivity contribution in [1.29, 1.82) is 5.26 Å². The summed E-state index contributed by atoms with van der Waals surface area (Å²) < 4.78 is 18.5. The zero-order valence-electron chi connectivity index (χ0n) is 13.4. The van der Waals surface area contributed by atoms with Gasteiger partial charge in [-0.1, -0.05) is 13.3 Å². The number of nitrogens with zero attached hydrogens (tertiary/aromatic N) is 3. The fraction of sp³-hybridized carbons (Fsp3) is 0.312. The second-order valence-electron chi connectivity index (χ2n) is 4.93. The molecule has 0 spiro atoms. The van der Waals surface area contributed by atoms with Crippen LogP contribution in [0, 0.1) is 14.9 Å². The highest BCUT2D eigenvalue weighted by Crippen LogP contribution is 2.27. The average Bonchev–Trinajstić information content (AvgIpc) is 2.57. The van der Waals surface area contributed by atoms with Gasteiger partial charge in [0.25, 0.3) is 0 Å². The van der Waals surface area contributed by atoms with Gasteiger partial charge in [0.05, 0.1) is 6.61 Å². The molecule has 6 nitrogen and oxygen atoms in total. The van der Waals surface area contributed by atoms with Gasteiger partial charge in [-0.3, -0.25) is 0 Å². The number of unbranched alkanes of at least 4 members (excludes halogenated alkanes) is 1. The van der Waals surface area contributed by atoms with Crippen LogP contribution in [0.25, 0.3) is 0 Å². The van der Waals surface area contributed by atoms with Gasteiger partial charge < -0.3 is 14.6 Å². The fourth-order valence-corrected chi connectivity index (χ4v) is 2.62. The zero-order valence-corrected chi connectivity index (χ0v) is 16.3. The summed E-state index contributed by atoms with van der Waals surface area (Å²) in [6, 6.07) is 9.71. The van der Waals surface area contributed by atoms with E-state index in [9.17, 15) is 9.81 Å². The van der Waals surface area contributed by atoms with Gasteiger partial charge >= 0.3 is 5.16 Å². The SMILES string of the molecule is CCCCOc1nc([S+](C)[O-])nc(Nc2ccc(I)cc2)c1C#N. The number of halogens is 1. The second-order valence-corrected chi connectivity index (χ2v) is 7.45. The highest BCUT2D eigenvalue weighted by molar-refractivity contribution is 14.1. The highest BCUT2D eigenvalue weighted by atomic mass is 127. The predicted molar refractivity (Wildman–Crippen MR) is 102 cm³/mol. The third-order valence-electron chi connectivity index (χ3n) is 3.07. The zero-order chi connectivity index (χ0) is 17.5. The van der Waals surface area contributed by atoms with Crippen molar-refractivity contribution in [1.82, 2.24) is 9.97 Å². The molecule has 0 amide bonds. The summed E-state index contributed by atoms with van der Waals surface area (Å²) in [6.45, 7) is 2.49. The molecule has 1 N–H and O–H groups in total. The van der Waals surface area contributed by atoms with Gasteiger partial charge in [-0.05, 0) is 53.3 Å². The lowest BCUT2D eigenvalue weighted by molar-refractivity contribution is 0.293.